The smallest absolute Gasteiger partial charge is 0.219 e. The fourth-order valence-electron chi connectivity index (χ4n) is 2.38. The van der Waals surface area contributed by atoms with E-state index in [-0.39, 0.29) is 6.04 Å². The van der Waals surface area contributed by atoms with Crippen molar-refractivity contribution < 1.29 is 4.74 Å². The van der Waals surface area contributed by atoms with Gasteiger partial charge in [0.25, 0.3) is 0 Å². The maximum Gasteiger partial charge on any atom is 0.219 e. The molecule has 1 heterocycles. The molecule has 0 spiro atoms. The molecule has 0 aliphatic carbocycles. The van der Waals surface area contributed by atoms with Crippen molar-refractivity contribution in [2.24, 2.45) is 0 Å². The third-order valence-corrected chi connectivity index (χ3v) is 3.58. The predicted octanol–water partition coefficient (Wildman–Crippen LogP) is 3.08. The maximum atomic E-state index is 5.28. The molecule has 0 saturated carbocycles. The molecule has 1 aromatic heterocycles. The molecule has 0 radical (unpaired) electrons. The fraction of sp³-hybridized carbons (Fsp3) is 0.412. The van der Waals surface area contributed by atoms with Gasteiger partial charge in [0, 0.05) is 18.0 Å². The van der Waals surface area contributed by atoms with E-state index in [4.69, 9.17) is 4.74 Å². The van der Waals surface area contributed by atoms with Crippen LogP contribution in [0.25, 0.3) is 0 Å². The van der Waals surface area contributed by atoms with E-state index >= 15 is 0 Å². The summed E-state index contributed by atoms with van der Waals surface area (Å²) in [6.07, 6.45) is 3.51. The monoisotopic (exact) mass is 285 g/mol. The Morgan fingerprint density at radius 3 is 2.62 bits per heavy atom. The minimum absolute atomic E-state index is 0.254. The van der Waals surface area contributed by atoms with Crippen molar-refractivity contribution in [2.75, 3.05) is 13.7 Å². The minimum Gasteiger partial charge on any atom is -0.481 e. The second kappa shape index (κ2) is 7.74. The summed E-state index contributed by atoms with van der Waals surface area (Å²) in [5.74, 6) is 0.655. The van der Waals surface area contributed by atoms with Gasteiger partial charge in [-0.15, -0.1) is 0 Å². The molecule has 2 aromatic rings. The molecule has 1 unspecified atom stereocenters. The summed E-state index contributed by atoms with van der Waals surface area (Å²) in [7, 11) is 1.64. The Balaban J connectivity index is 2.23. The Labute approximate surface area is 126 Å². The zero-order chi connectivity index (χ0) is 15.1. The quantitative estimate of drug-likeness (QED) is 0.849. The molecule has 4 nitrogen and oxygen atoms in total. The van der Waals surface area contributed by atoms with Gasteiger partial charge in [-0.1, -0.05) is 37.3 Å². The summed E-state index contributed by atoms with van der Waals surface area (Å²) in [5, 5.41) is 3.60. The average Bonchev–Trinajstić information content (AvgIpc) is 2.53. The number of hydrogen-bond donors (Lipinski definition) is 1. The summed E-state index contributed by atoms with van der Waals surface area (Å²) >= 11 is 0. The van der Waals surface area contributed by atoms with Gasteiger partial charge in [-0.25, -0.2) is 9.97 Å². The standard InChI is InChI=1S/C17H23N3O/c1-4-10-18-16(14-8-6-5-7-9-14)11-15-13(2)17(21-3)20-12-19-15/h5-9,12,16,18H,4,10-11H2,1-3H3. The van der Waals surface area contributed by atoms with Gasteiger partial charge < -0.3 is 10.1 Å². The normalized spacial score (nSPS) is 12.1. The van der Waals surface area contributed by atoms with Crippen molar-refractivity contribution in [1.29, 1.82) is 0 Å². The topological polar surface area (TPSA) is 47.0 Å². The second-order valence-electron chi connectivity index (χ2n) is 5.08. The molecular weight excluding hydrogens is 262 g/mol. The van der Waals surface area contributed by atoms with Crippen LogP contribution in [-0.2, 0) is 6.42 Å². The molecule has 0 amide bonds. The fourth-order valence-corrected chi connectivity index (χ4v) is 2.38. The first-order chi connectivity index (χ1) is 10.3. The summed E-state index contributed by atoms with van der Waals surface area (Å²) < 4.78 is 5.28. The molecule has 112 valence electrons. The molecule has 0 aliphatic heterocycles. The molecule has 1 atom stereocenters. The van der Waals surface area contributed by atoms with E-state index in [9.17, 15) is 0 Å². The highest BCUT2D eigenvalue weighted by molar-refractivity contribution is 5.30. The van der Waals surface area contributed by atoms with Crippen LogP contribution < -0.4 is 10.1 Å². The number of methoxy groups -OCH3 is 1. The molecule has 0 aliphatic rings. The van der Waals surface area contributed by atoms with Gasteiger partial charge >= 0.3 is 0 Å². The van der Waals surface area contributed by atoms with Gasteiger partial charge in [0.15, 0.2) is 0 Å². The van der Waals surface area contributed by atoms with Gasteiger partial charge in [0.1, 0.15) is 6.33 Å². The number of benzene rings is 1. The summed E-state index contributed by atoms with van der Waals surface area (Å²) in [6.45, 7) is 5.17. The second-order valence-corrected chi connectivity index (χ2v) is 5.08. The van der Waals surface area contributed by atoms with Crippen molar-refractivity contribution in [3.05, 3.63) is 53.5 Å². The molecule has 21 heavy (non-hydrogen) atoms. The van der Waals surface area contributed by atoms with Crippen LogP contribution in [0.5, 0.6) is 5.88 Å². The lowest BCUT2D eigenvalue weighted by atomic mass is 10.00. The van der Waals surface area contributed by atoms with E-state index in [0.717, 1.165) is 30.6 Å². The van der Waals surface area contributed by atoms with Crippen LogP contribution >= 0.6 is 0 Å². The van der Waals surface area contributed by atoms with Crippen LogP contribution in [0.1, 0.15) is 36.2 Å². The lowest BCUT2D eigenvalue weighted by Gasteiger charge is -2.20. The molecule has 0 fully saturated rings. The van der Waals surface area contributed by atoms with Crippen molar-refractivity contribution in [3.63, 3.8) is 0 Å². The molecule has 2 rings (SSSR count). The number of ether oxygens (including phenoxy) is 1. The lowest BCUT2D eigenvalue weighted by Crippen LogP contribution is -2.24. The van der Waals surface area contributed by atoms with E-state index < -0.39 is 0 Å². The van der Waals surface area contributed by atoms with Gasteiger partial charge in [0.05, 0.1) is 12.8 Å². The van der Waals surface area contributed by atoms with Gasteiger partial charge in [-0.3, -0.25) is 0 Å². The Hall–Kier alpha value is -1.94. The Bertz CT molecular complexity index is 557. The molecule has 1 aromatic carbocycles. The summed E-state index contributed by atoms with van der Waals surface area (Å²) in [6, 6.07) is 10.7. The van der Waals surface area contributed by atoms with E-state index in [0.29, 0.717) is 5.88 Å². The van der Waals surface area contributed by atoms with E-state index in [1.165, 1.54) is 5.56 Å². The first kappa shape index (κ1) is 15.4. The number of rotatable bonds is 7. The van der Waals surface area contributed by atoms with E-state index in [1.54, 1.807) is 13.4 Å². The van der Waals surface area contributed by atoms with E-state index in [2.05, 4.69) is 46.5 Å². The van der Waals surface area contributed by atoms with Crippen LogP contribution in [0, 0.1) is 6.92 Å². The summed E-state index contributed by atoms with van der Waals surface area (Å²) in [4.78, 5) is 8.58. The third kappa shape index (κ3) is 4.02. The highest BCUT2D eigenvalue weighted by Gasteiger charge is 2.15. The van der Waals surface area contributed by atoms with Gasteiger partial charge in [-0.05, 0) is 25.5 Å². The first-order valence-electron chi connectivity index (χ1n) is 7.39. The molecular formula is C17H23N3O. The van der Waals surface area contributed by atoms with Crippen LogP contribution in [0.15, 0.2) is 36.7 Å². The maximum absolute atomic E-state index is 5.28. The minimum atomic E-state index is 0.254. The largest absolute Gasteiger partial charge is 0.481 e. The van der Waals surface area contributed by atoms with Crippen molar-refractivity contribution in [1.82, 2.24) is 15.3 Å². The summed E-state index contributed by atoms with van der Waals surface area (Å²) in [5.41, 5.74) is 3.32. The van der Waals surface area contributed by atoms with Crippen LogP contribution in [0.4, 0.5) is 0 Å². The Morgan fingerprint density at radius 2 is 1.95 bits per heavy atom. The average molecular weight is 285 g/mol. The van der Waals surface area contributed by atoms with Gasteiger partial charge in [-0.2, -0.15) is 0 Å². The van der Waals surface area contributed by atoms with Crippen molar-refractivity contribution >= 4 is 0 Å². The van der Waals surface area contributed by atoms with Gasteiger partial charge in [0.2, 0.25) is 5.88 Å². The lowest BCUT2D eigenvalue weighted by molar-refractivity contribution is 0.391. The number of nitrogens with one attached hydrogen (secondary N) is 1. The SMILES string of the molecule is CCCNC(Cc1ncnc(OC)c1C)c1ccccc1. The molecule has 0 saturated heterocycles. The molecule has 4 heteroatoms. The van der Waals surface area contributed by atoms with Crippen molar-refractivity contribution in [2.45, 2.75) is 32.7 Å². The number of aromatic nitrogens is 2. The molecule has 1 N–H and O–H groups in total. The number of nitrogens with zero attached hydrogens (tertiary/aromatic N) is 2. The third-order valence-electron chi connectivity index (χ3n) is 3.58. The zero-order valence-corrected chi connectivity index (χ0v) is 13.0. The number of hydrogen-bond acceptors (Lipinski definition) is 4. The van der Waals surface area contributed by atoms with E-state index in [1.807, 2.05) is 13.0 Å². The van der Waals surface area contributed by atoms with Crippen LogP contribution in [0.2, 0.25) is 0 Å². The van der Waals surface area contributed by atoms with Crippen molar-refractivity contribution in [3.8, 4) is 5.88 Å². The van der Waals surface area contributed by atoms with Crippen LogP contribution in [0.3, 0.4) is 0 Å². The molecule has 0 bridgehead atoms. The first-order valence-corrected chi connectivity index (χ1v) is 7.39. The zero-order valence-electron chi connectivity index (χ0n) is 13.0. The Morgan fingerprint density at radius 1 is 1.19 bits per heavy atom. The highest BCUT2D eigenvalue weighted by Crippen LogP contribution is 2.22. The highest BCUT2D eigenvalue weighted by atomic mass is 16.5. The van der Waals surface area contributed by atoms with Crippen LogP contribution in [-0.4, -0.2) is 23.6 Å². The predicted molar refractivity (Wildman–Crippen MR) is 84.5 cm³/mol. The Kier molecular flexibility index (Phi) is 5.69.